The number of pyridine rings is 1. The van der Waals surface area contributed by atoms with Gasteiger partial charge in [-0.05, 0) is 6.07 Å². The molecule has 2 heterocycles. The van der Waals surface area contributed by atoms with Gasteiger partial charge in [0.2, 0.25) is 0 Å². The molecule has 2 N–H and O–H groups in total. The van der Waals surface area contributed by atoms with Crippen LogP contribution in [-0.2, 0) is 12.7 Å². The van der Waals surface area contributed by atoms with Gasteiger partial charge in [-0.2, -0.15) is 18.3 Å². The third kappa shape index (κ3) is 2.28. The lowest BCUT2D eigenvalue weighted by Gasteiger charge is -2.06. The lowest BCUT2D eigenvalue weighted by atomic mass is 10.2. The Morgan fingerprint density at radius 1 is 1.29 bits per heavy atom. The second kappa shape index (κ2) is 4.17. The van der Waals surface area contributed by atoms with Crippen molar-refractivity contribution in [3.05, 3.63) is 42.0 Å². The summed E-state index contributed by atoms with van der Waals surface area (Å²) in [5.41, 5.74) is 5.81. The molecule has 0 aliphatic carbocycles. The van der Waals surface area contributed by atoms with Crippen LogP contribution in [0.4, 0.5) is 13.2 Å². The summed E-state index contributed by atoms with van der Waals surface area (Å²) >= 11 is 0. The van der Waals surface area contributed by atoms with Gasteiger partial charge in [0.1, 0.15) is 0 Å². The zero-order valence-corrected chi connectivity index (χ0v) is 8.65. The van der Waals surface area contributed by atoms with Crippen LogP contribution < -0.4 is 5.73 Å². The molecule has 2 aromatic rings. The maximum absolute atomic E-state index is 12.4. The molecule has 0 saturated heterocycles. The molecule has 0 amide bonds. The highest BCUT2D eigenvalue weighted by atomic mass is 19.4. The smallest absolute Gasteiger partial charge is 0.326 e. The quantitative estimate of drug-likeness (QED) is 0.872. The highest BCUT2D eigenvalue weighted by molar-refractivity contribution is 5.38. The van der Waals surface area contributed by atoms with E-state index in [2.05, 4.69) is 10.1 Å². The van der Waals surface area contributed by atoms with Crippen LogP contribution in [0, 0.1) is 0 Å². The molecule has 7 heteroatoms. The summed E-state index contributed by atoms with van der Waals surface area (Å²) < 4.78 is 38.4. The third-order valence-electron chi connectivity index (χ3n) is 2.25. The number of nitrogens with zero attached hydrogens (tertiary/aromatic N) is 3. The molecule has 2 rings (SSSR count). The SMILES string of the molecule is NCc1cnccc1-n1cc(C(F)(F)F)cn1. The monoisotopic (exact) mass is 242 g/mol. The van der Waals surface area contributed by atoms with Gasteiger partial charge in [-0.15, -0.1) is 0 Å². The maximum atomic E-state index is 12.4. The summed E-state index contributed by atoms with van der Waals surface area (Å²) in [6.45, 7) is 0.185. The van der Waals surface area contributed by atoms with Crippen molar-refractivity contribution in [1.29, 1.82) is 0 Å². The van der Waals surface area contributed by atoms with E-state index >= 15 is 0 Å². The molecule has 0 saturated carbocycles. The van der Waals surface area contributed by atoms with Crippen LogP contribution >= 0.6 is 0 Å². The second-order valence-corrected chi connectivity index (χ2v) is 3.38. The van der Waals surface area contributed by atoms with Crippen molar-refractivity contribution in [2.75, 3.05) is 0 Å². The Morgan fingerprint density at radius 2 is 2.06 bits per heavy atom. The fourth-order valence-corrected chi connectivity index (χ4v) is 1.40. The van der Waals surface area contributed by atoms with E-state index in [9.17, 15) is 13.2 Å². The lowest BCUT2D eigenvalue weighted by molar-refractivity contribution is -0.137. The van der Waals surface area contributed by atoms with Crippen molar-refractivity contribution in [3.63, 3.8) is 0 Å². The van der Waals surface area contributed by atoms with E-state index in [4.69, 9.17) is 5.73 Å². The maximum Gasteiger partial charge on any atom is 0.419 e. The Bertz CT molecular complexity index is 518. The van der Waals surface area contributed by atoms with Gasteiger partial charge in [0.15, 0.2) is 0 Å². The van der Waals surface area contributed by atoms with Crippen molar-refractivity contribution >= 4 is 0 Å². The van der Waals surface area contributed by atoms with Crippen LogP contribution in [-0.4, -0.2) is 14.8 Å². The van der Waals surface area contributed by atoms with Gasteiger partial charge < -0.3 is 5.73 Å². The predicted octanol–water partition coefficient (Wildman–Crippen LogP) is 1.74. The molecule has 17 heavy (non-hydrogen) atoms. The normalized spacial score (nSPS) is 11.8. The predicted molar refractivity (Wildman–Crippen MR) is 54.3 cm³/mol. The molecule has 0 aliphatic heterocycles. The fraction of sp³-hybridized carbons (Fsp3) is 0.200. The first-order valence-corrected chi connectivity index (χ1v) is 4.77. The first kappa shape index (κ1) is 11.6. The van der Waals surface area contributed by atoms with Gasteiger partial charge in [-0.25, -0.2) is 4.68 Å². The van der Waals surface area contributed by atoms with Crippen molar-refractivity contribution in [2.24, 2.45) is 5.73 Å². The summed E-state index contributed by atoms with van der Waals surface area (Å²) in [5.74, 6) is 0. The van der Waals surface area contributed by atoms with Gasteiger partial charge in [0, 0.05) is 30.7 Å². The Kier molecular flexibility index (Phi) is 2.84. The fourth-order valence-electron chi connectivity index (χ4n) is 1.40. The number of rotatable bonds is 2. The molecule has 4 nitrogen and oxygen atoms in total. The summed E-state index contributed by atoms with van der Waals surface area (Å²) in [7, 11) is 0. The summed E-state index contributed by atoms with van der Waals surface area (Å²) in [4.78, 5) is 3.85. The van der Waals surface area contributed by atoms with E-state index in [0.717, 1.165) is 17.1 Å². The van der Waals surface area contributed by atoms with Gasteiger partial charge in [-0.3, -0.25) is 4.98 Å². The molecule has 90 valence electrons. The van der Waals surface area contributed by atoms with Crippen LogP contribution in [0.15, 0.2) is 30.9 Å². The largest absolute Gasteiger partial charge is 0.419 e. The molecule has 0 bridgehead atoms. The van der Waals surface area contributed by atoms with Gasteiger partial charge in [0.25, 0.3) is 0 Å². The van der Waals surface area contributed by atoms with E-state index < -0.39 is 11.7 Å². The first-order valence-electron chi connectivity index (χ1n) is 4.77. The zero-order valence-electron chi connectivity index (χ0n) is 8.65. The van der Waals surface area contributed by atoms with Gasteiger partial charge >= 0.3 is 6.18 Å². The molecule has 2 aromatic heterocycles. The molecule has 0 aliphatic rings. The highest BCUT2D eigenvalue weighted by Gasteiger charge is 2.32. The van der Waals surface area contributed by atoms with Crippen molar-refractivity contribution in [3.8, 4) is 5.69 Å². The Balaban J connectivity index is 2.44. The number of hydrogen-bond acceptors (Lipinski definition) is 3. The molecule has 0 spiro atoms. The second-order valence-electron chi connectivity index (χ2n) is 3.38. The highest BCUT2D eigenvalue weighted by Crippen LogP contribution is 2.29. The van der Waals surface area contributed by atoms with E-state index in [0.29, 0.717) is 11.3 Å². The summed E-state index contributed by atoms with van der Waals surface area (Å²) in [5, 5.41) is 3.67. The molecular weight excluding hydrogens is 233 g/mol. The minimum Gasteiger partial charge on any atom is -0.326 e. The lowest BCUT2D eigenvalue weighted by Crippen LogP contribution is -2.06. The van der Waals surface area contributed by atoms with Crippen molar-refractivity contribution in [2.45, 2.75) is 12.7 Å². The van der Waals surface area contributed by atoms with Crippen LogP contribution in [0.2, 0.25) is 0 Å². The van der Waals surface area contributed by atoms with Gasteiger partial charge in [0.05, 0.1) is 17.4 Å². The van der Waals surface area contributed by atoms with Crippen LogP contribution in [0.3, 0.4) is 0 Å². The summed E-state index contributed by atoms with van der Waals surface area (Å²) in [6, 6.07) is 1.56. The summed E-state index contributed by atoms with van der Waals surface area (Å²) in [6.07, 6.45) is 0.289. The number of halogens is 3. The standard InChI is InChI=1S/C10H9F3N4/c11-10(12,13)8-5-16-17(6-8)9-1-2-15-4-7(9)3-14/h1-2,4-6H,3,14H2. The van der Waals surface area contributed by atoms with E-state index in [1.807, 2.05) is 0 Å². The van der Waals surface area contributed by atoms with E-state index in [-0.39, 0.29) is 6.54 Å². The van der Waals surface area contributed by atoms with Gasteiger partial charge in [-0.1, -0.05) is 0 Å². The number of aromatic nitrogens is 3. The number of hydrogen-bond donors (Lipinski definition) is 1. The minimum atomic E-state index is -4.39. The third-order valence-corrected chi connectivity index (χ3v) is 2.25. The van der Waals surface area contributed by atoms with Crippen LogP contribution in [0.5, 0.6) is 0 Å². The van der Waals surface area contributed by atoms with E-state index in [1.54, 1.807) is 6.07 Å². The van der Waals surface area contributed by atoms with Crippen LogP contribution in [0.25, 0.3) is 5.69 Å². The molecule has 0 unspecified atom stereocenters. The van der Waals surface area contributed by atoms with Crippen molar-refractivity contribution < 1.29 is 13.2 Å². The van der Waals surface area contributed by atoms with Crippen molar-refractivity contribution in [1.82, 2.24) is 14.8 Å². The molecule has 0 radical (unpaired) electrons. The average Bonchev–Trinajstić information content (AvgIpc) is 2.77. The Morgan fingerprint density at radius 3 is 2.65 bits per heavy atom. The molecular formula is C10H9F3N4. The average molecular weight is 242 g/mol. The number of alkyl halides is 3. The number of nitrogens with two attached hydrogens (primary N) is 1. The minimum absolute atomic E-state index is 0.185. The molecule has 0 fully saturated rings. The topological polar surface area (TPSA) is 56.7 Å². The Labute approximate surface area is 94.9 Å². The van der Waals surface area contributed by atoms with E-state index in [1.165, 1.54) is 12.4 Å². The first-order chi connectivity index (χ1) is 8.02. The molecule has 0 atom stereocenters. The molecule has 0 aromatic carbocycles. The van der Waals surface area contributed by atoms with Crippen LogP contribution in [0.1, 0.15) is 11.1 Å². The Hall–Kier alpha value is -1.89. The zero-order chi connectivity index (χ0) is 12.5.